The maximum Gasteiger partial charge on any atom is 0.340 e. The molecule has 8 heteroatoms. The van der Waals surface area contributed by atoms with Gasteiger partial charge in [0.05, 0.1) is 27.2 Å². The molecule has 1 amide bonds. The van der Waals surface area contributed by atoms with Gasteiger partial charge in [-0.1, -0.05) is 36.4 Å². The third-order valence-corrected chi connectivity index (χ3v) is 5.85. The van der Waals surface area contributed by atoms with E-state index < -0.39 is 12.1 Å². The summed E-state index contributed by atoms with van der Waals surface area (Å²) in [6.45, 7) is 1.82. The van der Waals surface area contributed by atoms with Gasteiger partial charge in [0.2, 0.25) is 6.10 Å². The van der Waals surface area contributed by atoms with Crippen LogP contribution in [0, 0.1) is 6.92 Å². The van der Waals surface area contributed by atoms with Crippen LogP contribution in [0.2, 0.25) is 0 Å². The van der Waals surface area contributed by atoms with Crippen molar-refractivity contribution in [3.63, 3.8) is 0 Å². The fourth-order valence-corrected chi connectivity index (χ4v) is 4.14. The zero-order chi connectivity index (χ0) is 22.1. The van der Waals surface area contributed by atoms with E-state index in [1.807, 2.05) is 42.6 Å². The average Bonchev–Trinajstić information content (AvgIpc) is 3.40. The van der Waals surface area contributed by atoms with Crippen molar-refractivity contribution in [3.05, 3.63) is 70.7 Å². The van der Waals surface area contributed by atoms with Gasteiger partial charge in [0.25, 0.3) is 5.91 Å². The van der Waals surface area contributed by atoms with Crippen LogP contribution >= 0.6 is 11.3 Å². The number of amides is 1. The highest BCUT2D eigenvalue weighted by Gasteiger charge is 2.29. The molecule has 158 valence electrons. The van der Waals surface area contributed by atoms with Crippen molar-refractivity contribution in [1.29, 1.82) is 0 Å². The van der Waals surface area contributed by atoms with E-state index >= 15 is 0 Å². The number of likely N-dealkylation sites (N-methyl/N-ethyl adjacent to an activating group) is 1. The van der Waals surface area contributed by atoms with Gasteiger partial charge in [-0.2, -0.15) is 5.10 Å². The van der Waals surface area contributed by atoms with E-state index in [0.717, 1.165) is 4.88 Å². The Morgan fingerprint density at radius 2 is 1.87 bits per heavy atom. The summed E-state index contributed by atoms with van der Waals surface area (Å²) in [5, 5.41) is 7.01. The molecule has 0 aliphatic heterocycles. The Morgan fingerprint density at radius 3 is 2.52 bits per heavy atom. The molecule has 1 atom stereocenters. The minimum atomic E-state index is -1.05. The minimum Gasteiger partial charge on any atom is -0.444 e. The molecule has 1 aromatic carbocycles. The molecule has 1 unspecified atom stereocenters. The molecule has 0 radical (unpaired) electrons. The van der Waals surface area contributed by atoms with Gasteiger partial charge in [-0.25, -0.2) is 9.78 Å². The first-order valence-electron chi connectivity index (χ1n) is 9.72. The van der Waals surface area contributed by atoms with Gasteiger partial charge >= 0.3 is 5.97 Å². The molecule has 0 fully saturated rings. The Labute approximate surface area is 183 Å². The lowest BCUT2D eigenvalue weighted by molar-refractivity contribution is -0.138. The predicted octanol–water partition coefficient (Wildman–Crippen LogP) is 3.99. The number of thiophene rings is 1. The SMILES string of the molecule is Cc1nn(C)c2nc(-c3cccs3)cc(C(=O)OC(C(=O)N(C)C)c3ccccc3)c12. The summed E-state index contributed by atoms with van der Waals surface area (Å²) < 4.78 is 7.45. The van der Waals surface area contributed by atoms with Gasteiger partial charge in [-0.05, 0) is 24.4 Å². The van der Waals surface area contributed by atoms with Gasteiger partial charge < -0.3 is 9.64 Å². The summed E-state index contributed by atoms with van der Waals surface area (Å²) >= 11 is 1.53. The van der Waals surface area contributed by atoms with E-state index in [1.165, 1.54) is 16.2 Å². The van der Waals surface area contributed by atoms with Crippen molar-refractivity contribution in [1.82, 2.24) is 19.7 Å². The van der Waals surface area contributed by atoms with E-state index in [0.29, 0.717) is 33.5 Å². The van der Waals surface area contributed by atoms with Gasteiger partial charge in [-0.3, -0.25) is 9.48 Å². The molecule has 4 aromatic rings. The molecular formula is C23H22N4O3S. The molecule has 31 heavy (non-hydrogen) atoms. The highest BCUT2D eigenvalue weighted by Crippen LogP contribution is 2.31. The lowest BCUT2D eigenvalue weighted by Gasteiger charge is -2.21. The third kappa shape index (κ3) is 3.94. The van der Waals surface area contributed by atoms with Crippen LogP contribution in [0.25, 0.3) is 21.6 Å². The van der Waals surface area contributed by atoms with E-state index in [-0.39, 0.29) is 5.91 Å². The number of aromatic nitrogens is 3. The van der Waals surface area contributed by atoms with Crippen molar-refractivity contribution in [2.24, 2.45) is 7.05 Å². The fourth-order valence-electron chi connectivity index (χ4n) is 3.45. The fraction of sp³-hybridized carbons (Fsp3) is 0.217. The molecule has 0 aliphatic carbocycles. The monoisotopic (exact) mass is 434 g/mol. The molecule has 3 heterocycles. The summed E-state index contributed by atoms with van der Waals surface area (Å²) in [5.74, 6) is -0.906. The Kier molecular flexibility index (Phi) is 5.56. The molecule has 0 saturated carbocycles. The third-order valence-electron chi connectivity index (χ3n) is 4.95. The zero-order valence-electron chi connectivity index (χ0n) is 17.7. The molecule has 7 nitrogen and oxygen atoms in total. The maximum atomic E-state index is 13.4. The second-order valence-electron chi connectivity index (χ2n) is 7.37. The molecule has 3 aromatic heterocycles. The quantitative estimate of drug-likeness (QED) is 0.444. The number of carbonyl (C=O) groups is 2. The lowest BCUT2D eigenvalue weighted by Crippen LogP contribution is -2.31. The number of hydrogen-bond acceptors (Lipinski definition) is 6. The largest absolute Gasteiger partial charge is 0.444 e. The number of rotatable bonds is 5. The highest BCUT2D eigenvalue weighted by molar-refractivity contribution is 7.13. The summed E-state index contributed by atoms with van der Waals surface area (Å²) in [4.78, 5) is 33.3. The number of nitrogens with zero attached hydrogens (tertiary/aromatic N) is 4. The number of benzene rings is 1. The summed E-state index contributed by atoms with van der Waals surface area (Å²) in [7, 11) is 5.06. The molecule has 0 bridgehead atoms. The van der Waals surface area contributed by atoms with Crippen LogP contribution in [0.15, 0.2) is 53.9 Å². The number of hydrogen-bond donors (Lipinski definition) is 0. The minimum absolute atomic E-state index is 0.314. The van der Waals surface area contributed by atoms with Gasteiger partial charge in [0.1, 0.15) is 0 Å². The van der Waals surface area contributed by atoms with Crippen LogP contribution in [0.3, 0.4) is 0 Å². The van der Waals surface area contributed by atoms with Crippen molar-refractivity contribution in [3.8, 4) is 10.6 Å². The van der Waals surface area contributed by atoms with Crippen molar-refractivity contribution in [2.45, 2.75) is 13.0 Å². The standard InChI is InChI=1S/C23H22N4O3S/c1-14-19-16(13-17(18-11-8-12-31-18)24-21(19)27(4)25-14)23(29)30-20(22(28)26(2)3)15-9-6-5-7-10-15/h5-13,20H,1-4H3. The number of aryl methyl sites for hydroxylation is 2. The summed E-state index contributed by atoms with van der Waals surface area (Å²) in [6, 6.07) is 14.6. The Morgan fingerprint density at radius 1 is 1.13 bits per heavy atom. The topological polar surface area (TPSA) is 77.3 Å². The summed E-state index contributed by atoms with van der Waals surface area (Å²) in [5.41, 5.74) is 2.87. The molecular weight excluding hydrogens is 412 g/mol. The number of carbonyl (C=O) groups excluding carboxylic acids is 2. The van der Waals surface area contributed by atoms with Gasteiger partial charge in [0, 0.05) is 26.7 Å². The van der Waals surface area contributed by atoms with Crippen LogP contribution in [-0.2, 0) is 16.6 Å². The van der Waals surface area contributed by atoms with Crippen LogP contribution in [0.1, 0.15) is 27.7 Å². The van der Waals surface area contributed by atoms with E-state index in [1.54, 1.807) is 44.0 Å². The Hall–Kier alpha value is -3.52. The second kappa shape index (κ2) is 8.31. The zero-order valence-corrected chi connectivity index (χ0v) is 18.5. The Balaban J connectivity index is 1.81. The maximum absolute atomic E-state index is 13.4. The number of esters is 1. The molecule has 0 saturated heterocycles. The van der Waals surface area contributed by atoms with Crippen LogP contribution in [-0.4, -0.2) is 45.6 Å². The van der Waals surface area contributed by atoms with Crippen molar-refractivity contribution < 1.29 is 14.3 Å². The van der Waals surface area contributed by atoms with Crippen LogP contribution in [0.5, 0.6) is 0 Å². The van der Waals surface area contributed by atoms with Crippen molar-refractivity contribution in [2.75, 3.05) is 14.1 Å². The second-order valence-corrected chi connectivity index (χ2v) is 8.32. The van der Waals surface area contributed by atoms with E-state index in [9.17, 15) is 9.59 Å². The molecule has 4 rings (SSSR count). The number of pyridine rings is 1. The normalized spacial score (nSPS) is 12.0. The molecule has 0 spiro atoms. The van der Waals surface area contributed by atoms with Gasteiger partial charge in [-0.15, -0.1) is 11.3 Å². The van der Waals surface area contributed by atoms with E-state index in [4.69, 9.17) is 9.72 Å². The van der Waals surface area contributed by atoms with Gasteiger partial charge in [0.15, 0.2) is 5.65 Å². The Bertz CT molecular complexity index is 1250. The number of fused-ring (bicyclic) bond motifs is 1. The number of ether oxygens (including phenoxy) is 1. The first-order valence-corrected chi connectivity index (χ1v) is 10.6. The lowest BCUT2D eigenvalue weighted by atomic mass is 10.1. The smallest absolute Gasteiger partial charge is 0.340 e. The predicted molar refractivity (Wildman–Crippen MR) is 120 cm³/mol. The highest BCUT2D eigenvalue weighted by atomic mass is 32.1. The molecule has 0 aliphatic rings. The van der Waals surface area contributed by atoms with E-state index in [2.05, 4.69) is 5.10 Å². The van der Waals surface area contributed by atoms with Crippen LogP contribution in [0.4, 0.5) is 0 Å². The first-order chi connectivity index (χ1) is 14.9. The summed E-state index contributed by atoms with van der Waals surface area (Å²) in [6.07, 6.45) is -1.05. The average molecular weight is 435 g/mol. The molecule has 0 N–H and O–H groups in total. The first kappa shape index (κ1) is 20.7. The van der Waals surface area contributed by atoms with Crippen LogP contribution < -0.4 is 0 Å². The van der Waals surface area contributed by atoms with Crippen molar-refractivity contribution >= 4 is 34.2 Å².